The molecule has 0 aliphatic rings. The van der Waals surface area contributed by atoms with Gasteiger partial charge in [-0.15, -0.1) is 23.1 Å². The SMILES string of the molecule is CSc1sc2cc(F)ccc2c1Br. The van der Waals surface area contributed by atoms with Crippen LogP contribution < -0.4 is 0 Å². The number of fused-ring (bicyclic) bond motifs is 1. The predicted octanol–water partition coefficient (Wildman–Crippen LogP) is 4.52. The molecule has 0 N–H and O–H groups in total. The molecule has 0 bridgehead atoms. The zero-order valence-corrected chi connectivity index (χ0v) is 10.0. The maximum atomic E-state index is 12.9. The van der Waals surface area contributed by atoms with Crippen molar-refractivity contribution in [1.82, 2.24) is 0 Å². The summed E-state index contributed by atoms with van der Waals surface area (Å²) in [6.07, 6.45) is 2.02. The molecule has 4 heteroatoms. The topological polar surface area (TPSA) is 0 Å². The van der Waals surface area contributed by atoms with Crippen molar-refractivity contribution in [2.75, 3.05) is 6.26 Å². The lowest BCUT2D eigenvalue weighted by atomic mass is 10.3. The molecule has 0 radical (unpaired) electrons. The molecule has 2 rings (SSSR count). The van der Waals surface area contributed by atoms with E-state index in [2.05, 4.69) is 15.9 Å². The number of hydrogen-bond donors (Lipinski definition) is 0. The van der Waals surface area contributed by atoms with Gasteiger partial charge in [0.15, 0.2) is 0 Å². The van der Waals surface area contributed by atoms with Crippen LogP contribution in [-0.2, 0) is 0 Å². The van der Waals surface area contributed by atoms with Crippen LogP contribution in [0, 0.1) is 5.82 Å². The Balaban J connectivity index is 2.76. The molecule has 0 saturated carbocycles. The van der Waals surface area contributed by atoms with Crippen LogP contribution in [0.3, 0.4) is 0 Å². The molecule has 0 aliphatic heterocycles. The van der Waals surface area contributed by atoms with E-state index in [1.165, 1.54) is 10.3 Å². The fraction of sp³-hybridized carbons (Fsp3) is 0.111. The Kier molecular flexibility index (Phi) is 2.62. The Hall–Kier alpha value is -0.0600. The molecule has 0 nitrogen and oxygen atoms in total. The Bertz CT molecular complexity index is 450. The van der Waals surface area contributed by atoms with Crippen LogP contribution in [0.4, 0.5) is 4.39 Å². The van der Waals surface area contributed by atoms with Crippen LogP contribution in [0.15, 0.2) is 26.9 Å². The summed E-state index contributed by atoms with van der Waals surface area (Å²) in [5, 5.41) is 1.09. The molecule has 0 fully saturated rings. The quantitative estimate of drug-likeness (QED) is 0.690. The van der Waals surface area contributed by atoms with Gasteiger partial charge in [-0.3, -0.25) is 0 Å². The van der Waals surface area contributed by atoms with Crippen LogP contribution in [0.5, 0.6) is 0 Å². The van der Waals surface area contributed by atoms with Gasteiger partial charge in [-0.05, 0) is 40.4 Å². The second kappa shape index (κ2) is 3.59. The first-order valence-corrected chi connectivity index (χ1v) is 6.47. The fourth-order valence-corrected chi connectivity index (χ4v) is 4.10. The van der Waals surface area contributed by atoms with E-state index in [0.717, 1.165) is 14.6 Å². The van der Waals surface area contributed by atoms with Crippen LogP contribution in [0.2, 0.25) is 0 Å². The Morgan fingerprint density at radius 2 is 2.23 bits per heavy atom. The second-order valence-electron chi connectivity index (χ2n) is 2.55. The van der Waals surface area contributed by atoms with E-state index in [0.29, 0.717) is 0 Å². The normalized spacial score (nSPS) is 11.0. The minimum absolute atomic E-state index is 0.172. The lowest BCUT2D eigenvalue weighted by Crippen LogP contribution is -1.69. The van der Waals surface area contributed by atoms with Gasteiger partial charge in [0.05, 0.1) is 4.21 Å². The molecular formula is C9H6BrFS2. The van der Waals surface area contributed by atoms with Gasteiger partial charge >= 0.3 is 0 Å². The summed E-state index contributed by atoms with van der Waals surface area (Å²) in [6.45, 7) is 0. The van der Waals surface area contributed by atoms with Crippen molar-refractivity contribution in [3.8, 4) is 0 Å². The van der Waals surface area contributed by atoms with Gasteiger partial charge < -0.3 is 0 Å². The highest BCUT2D eigenvalue weighted by molar-refractivity contribution is 9.10. The van der Waals surface area contributed by atoms with Crippen molar-refractivity contribution in [3.63, 3.8) is 0 Å². The monoisotopic (exact) mass is 276 g/mol. The number of hydrogen-bond acceptors (Lipinski definition) is 2. The maximum Gasteiger partial charge on any atom is 0.124 e. The average molecular weight is 277 g/mol. The summed E-state index contributed by atoms with van der Waals surface area (Å²) in [4.78, 5) is 0. The van der Waals surface area contributed by atoms with Gasteiger partial charge in [0.1, 0.15) is 5.82 Å². The fourth-order valence-electron chi connectivity index (χ4n) is 1.15. The maximum absolute atomic E-state index is 12.9. The zero-order valence-electron chi connectivity index (χ0n) is 6.80. The minimum atomic E-state index is -0.172. The van der Waals surface area contributed by atoms with Gasteiger partial charge in [-0.1, -0.05) is 0 Å². The molecule has 0 atom stereocenters. The average Bonchev–Trinajstić information content (AvgIpc) is 2.42. The number of rotatable bonds is 1. The van der Waals surface area contributed by atoms with Crippen LogP contribution in [-0.4, -0.2) is 6.26 Å². The number of thiophene rings is 1. The van der Waals surface area contributed by atoms with E-state index < -0.39 is 0 Å². The van der Waals surface area contributed by atoms with Crippen molar-refractivity contribution in [2.45, 2.75) is 4.21 Å². The molecule has 68 valence electrons. The Morgan fingerprint density at radius 1 is 1.46 bits per heavy atom. The third kappa shape index (κ3) is 1.63. The standard InChI is InChI=1S/C9H6BrFS2/c1-12-9-8(10)6-3-2-5(11)4-7(6)13-9/h2-4H,1H3. The molecule has 1 aromatic heterocycles. The molecule has 0 saturated heterocycles. The highest BCUT2D eigenvalue weighted by Crippen LogP contribution is 2.40. The third-order valence-corrected chi connectivity index (χ3v) is 5.37. The first-order chi connectivity index (χ1) is 6.22. The lowest BCUT2D eigenvalue weighted by Gasteiger charge is -1.90. The first-order valence-electron chi connectivity index (χ1n) is 3.64. The zero-order chi connectivity index (χ0) is 9.42. The summed E-state index contributed by atoms with van der Waals surface area (Å²) in [5.41, 5.74) is 0. The van der Waals surface area contributed by atoms with Gasteiger partial charge in [0.25, 0.3) is 0 Å². The van der Waals surface area contributed by atoms with E-state index in [9.17, 15) is 4.39 Å². The smallest absolute Gasteiger partial charge is 0.124 e. The Labute approximate surface area is 92.3 Å². The molecule has 0 aliphatic carbocycles. The van der Waals surface area contributed by atoms with E-state index in [-0.39, 0.29) is 5.82 Å². The van der Waals surface area contributed by atoms with E-state index in [1.54, 1.807) is 29.2 Å². The van der Waals surface area contributed by atoms with Crippen molar-refractivity contribution in [1.29, 1.82) is 0 Å². The highest BCUT2D eigenvalue weighted by Gasteiger charge is 2.08. The second-order valence-corrected chi connectivity index (χ2v) is 5.47. The number of benzene rings is 1. The molecule has 0 amide bonds. The molecule has 13 heavy (non-hydrogen) atoms. The van der Waals surface area contributed by atoms with E-state index in [1.807, 2.05) is 12.3 Å². The van der Waals surface area contributed by atoms with E-state index >= 15 is 0 Å². The predicted molar refractivity (Wildman–Crippen MR) is 61.3 cm³/mol. The van der Waals surface area contributed by atoms with Crippen LogP contribution >= 0.6 is 39.0 Å². The lowest BCUT2D eigenvalue weighted by molar-refractivity contribution is 0.630. The number of halogens is 2. The summed E-state index contributed by atoms with van der Waals surface area (Å²) in [6, 6.07) is 4.87. The van der Waals surface area contributed by atoms with Gasteiger partial charge in [0, 0.05) is 14.6 Å². The van der Waals surface area contributed by atoms with Crippen molar-refractivity contribution < 1.29 is 4.39 Å². The molecule has 2 aromatic rings. The van der Waals surface area contributed by atoms with Crippen LogP contribution in [0.1, 0.15) is 0 Å². The van der Waals surface area contributed by atoms with Gasteiger partial charge in [-0.25, -0.2) is 4.39 Å². The molecule has 0 spiro atoms. The summed E-state index contributed by atoms with van der Waals surface area (Å²) in [7, 11) is 0. The molecule has 1 aromatic carbocycles. The highest BCUT2D eigenvalue weighted by atomic mass is 79.9. The van der Waals surface area contributed by atoms with Crippen molar-refractivity contribution in [2.24, 2.45) is 0 Å². The molecule has 1 heterocycles. The summed E-state index contributed by atoms with van der Waals surface area (Å²) >= 11 is 6.79. The minimum Gasteiger partial charge on any atom is -0.207 e. The van der Waals surface area contributed by atoms with Crippen molar-refractivity contribution >= 4 is 49.1 Å². The van der Waals surface area contributed by atoms with Crippen molar-refractivity contribution in [3.05, 3.63) is 28.5 Å². The molecule has 0 unspecified atom stereocenters. The van der Waals surface area contributed by atoms with Gasteiger partial charge in [0.2, 0.25) is 0 Å². The largest absolute Gasteiger partial charge is 0.207 e. The third-order valence-electron chi connectivity index (χ3n) is 1.75. The van der Waals surface area contributed by atoms with E-state index in [4.69, 9.17) is 0 Å². The van der Waals surface area contributed by atoms with Crippen LogP contribution in [0.25, 0.3) is 10.1 Å². The first kappa shape index (κ1) is 9.49. The molecular weight excluding hydrogens is 271 g/mol. The van der Waals surface area contributed by atoms with Gasteiger partial charge in [-0.2, -0.15) is 0 Å². The summed E-state index contributed by atoms with van der Waals surface area (Å²) in [5.74, 6) is -0.172. The number of thioether (sulfide) groups is 1. The Morgan fingerprint density at radius 3 is 2.92 bits per heavy atom. The summed E-state index contributed by atoms with van der Waals surface area (Å²) < 4.78 is 16.1.